The first-order chi connectivity index (χ1) is 16.3. The van der Waals surface area contributed by atoms with Gasteiger partial charge in [0.25, 0.3) is 0 Å². The van der Waals surface area contributed by atoms with Crippen LogP contribution in [0.25, 0.3) is 22.3 Å². The molecule has 0 saturated carbocycles. The van der Waals surface area contributed by atoms with E-state index >= 15 is 0 Å². The van der Waals surface area contributed by atoms with Gasteiger partial charge in [0.15, 0.2) is 0 Å². The summed E-state index contributed by atoms with van der Waals surface area (Å²) in [6, 6.07) is 46.0. The van der Waals surface area contributed by atoms with E-state index < -0.39 is 0 Å². The quantitative estimate of drug-likeness (QED) is 0.257. The Labute approximate surface area is 199 Å². The van der Waals surface area contributed by atoms with Crippen LogP contribution in [0.1, 0.15) is 11.1 Å². The maximum atomic E-state index is 2.39. The Morgan fingerprint density at radius 3 is 1.97 bits per heavy atom. The molecule has 2 bridgehead atoms. The summed E-state index contributed by atoms with van der Waals surface area (Å²) in [5.41, 5.74) is 10.0. The van der Waals surface area contributed by atoms with Gasteiger partial charge < -0.3 is 0 Å². The predicted octanol–water partition coefficient (Wildman–Crippen LogP) is 8.77. The molecule has 2 aliphatic heterocycles. The zero-order valence-corrected chi connectivity index (χ0v) is 19.0. The maximum Gasteiger partial charge on any atom is 0.0607 e. The van der Waals surface area contributed by atoms with Crippen LogP contribution in [0.3, 0.4) is 0 Å². The van der Waals surface area contributed by atoms with Crippen LogP contribution in [0.2, 0.25) is 0 Å². The molecule has 0 saturated heterocycles. The van der Waals surface area contributed by atoms with Crippen molar-refractivity contribution in [1.82, 2.24) is 0 Å². The number of nitrogens with zero attached hydrogens (tertiary/aromatic N) is 1. The fourth-order valence-corrected chi connectivity index (χ4v) is 5.57. The highest BCUT2D eigenvalue weighted by molar-refractivity contribution is 8.01. The number of rotatable bonds is 3. The normalized spacial score (nSPS) is 12.2. The largest absolute Gasteiger partial charge is 0.280 e. The van der Waals surface area contributed by atoms with Gasteiger partial charge in [-0.15, -0.1) is 0 Å². The van der Waals surface area contributed by atoms with Gasteiger partial charge in [-0.2, -0.15) is 0 Å². The van der Waals surface area contributed by atoms with Crippen LogP contribution < -0.4 is 4.31 Å². The molecule has 0 atom stereocenters. The molecule has 0 aliphatic carbocycles. The molecule has 158 valence electrons. The highest BCUT2D eigenvalue weighted by Gasteiger charge is 2.20. The lowest BCUT2D eigenvalue weighted by atomic mass is 9.99. The lowest BCUT2D eigenvalue weighted by Gasteiger charge is -2.28. The molecule has 0 unspecified atom stereocenters. The third-order valence-corrected chi connectivity index (χ3v) is 7.25. The van der Waals surface area contributed by atoms with Crippen LogP contribution in [0.4, 0.5) is 11.4 Å². The minimum atomic E-state index is 0.923. The molecule has 0 amide bonds. The summed E-state index contributed by atoms with van der Waals surface area (Å²) in [5, 5.41) is 0. The molecule has 2 heterocycles. The van der Waals surface area contributed by atoms with E-state index in [9.17, 15) is 0 Å². The number of anilines is 2. The van der Waals surface area contributed by atoms with E-state index in [0.717, 1.165) is 6.42 Å². The van der Waals surface area contributed by atoms with Crippen LogP contribution in [-0.4, -0.2) is 0 Å². The molecule has 0 N–H and O–H groups in total. The molecule has 7 rings (SSSR count). The standard InChI is InChI=1S/C31H23NS/c1-2-9-23(10-3-1)21-24-11-8-12-27(22-24)32-30-15-6-4-13-28(30)25-17-19-26(20-18-25)29-14-5-7-16-31(29)33-32/h1-20,22H,21H2. The Morgan fingerprint density at radius 2 is 1.15 bits per heavy atom. The second-order valence-corrected chi connectivity index (χ2v) is 9.30. The molecular weight excluding hydrogens is 418 g/mol. The van der Waals surface area contributed by atoms with Crippen molar-refractivity contribution in [2.75, 3.05) is 4.31 Å². The topological polar surface area (TPSA) is 3.24 Å². The first-order valence-corrected chi connectivity index (χ1v) is 12.0. The van der Waals surface area contributed by atoms with Crippen LogP contribution in [0.5, 0.6) is 0 Å². The molecule has 1 nitrogen and oxygen atoms in total. The third-order valence-electron chi connectivity index (χ3n) is 6.10. The van der Waals surface area contributed by atoms with E-state index in [4.69, 9.17) is 0 Å². The van der Waals surface area contributed by atoms with Crippen molar-refractivity contribution in [3.05, 3.63) is 139 Å². The van der Waals surface area contributed by atoms with Gasteiger partial charge in [-0.1, -0.05) is 103 Å². The van der Waals surface area contributed by atoms with Crippen molar-refractivity contribution in [1.29, 1.82) is 0 Å². The zero-order valence-electron chi connectivity index (χ0n) is 18.2. The van der Waals surface area contributed by atoms with Crippen molar-refractivity contribution in [2.45, 2.75) is 11.3 Å². The molecule has 2 heteroatoms. The fourth-order valence-electron chi connectivity index (χ4n) is 4.47. The minimum absolute atomic E-state index is 0.923. The summed E-state index contributed by atoms with van der Waals surface area (Å²) in [4.78, 5) is 1.25. The van der Waals surface area contributed by atoms with Crippen LogP contribution in [0.15, 0.2) is 132 Å². The molecule has 2 aliphatic rings. The van der Waals surface area contributed by atoms with Gasteiger partial charge in [0.1, 0.15) is 0 Å². The Bertz CT molecular complexity index is 1410. The molecular formula is C31H23NS. The summed E-state index contributed by atoms with van der Waals surface area (Å²) in [6.07, 6.45) is 0.923. The average Bonchev–Trinajstić information content (AvgIpc) is 2.89. The summed E-state index contributed by atoms with van der Waals surface area (Å²) >= 11 is 1.80. The predicted molar refractivity (Wildman–Crippen MR) is 141 cm³/mol. The van der Waals surface area contributed by atoms with Gasteiger partial charge in [0, 0.05) is 10.5 Å². The Kier molecular flexibility index (Phi) is 5.22. The first kappa shape index (κ1) is 19.9. The Balaban J connectivity index is 1.51. The fraction of sp³-hybridized carbons (Fsp3) is 0.0323. The molecule has 33 heavy (non-hydrogen) atoms. The summed E-state index contributed by atoms with van der Waals surface area (Å²) < 4.78 is 2.39. The van der Waals surface area contributed by atoms with E-state index in [-0.39, 0.29) is 0 Å². The molecule has 5 aromatic rings. The van der Waals surface area contributed by atoms with E-state index in [2.05, 4.69) is 132 Å². The average molecular weight is 442 g/mol. The third kappa shape index (κ3) is 3.94. The number of fused-ring (bicyclic) bond motifs is 3. The minimum Gasteiger partial charge on any atom is -0.280 e. The van der Waals surface area contributed by atoms with Gasteiger partial charge in [-0.05, 0) is 70.5 Å². The van der Waals surface area contributed by atoms with Crippen molar-refractivity contribution in [2.24, 2.45) is 0 Å². The number of hydrogen-bond donors (Lipinski definition) is 0. The van der Waals surface area contributed by atoms with E-state index in [1.54, 1.807) is 11.9 Å². The second kappa shape index (κ2) is 8.65. The van der Waals surface area contributed by atoms with E-state index in [0.29, 0.717) is 0 Å². The highest BCUT2D eigenvalue weighted by Crippen LogP contribution is 2.46. The van der Waals surface area contributed by atoms with Crippen LogP contribution in [-0.2, 0) is 6.42 Å². The molecule has 0 aromatic heterocycles. The van der Waals surface area contributed by atoms with Gasteiger partial charge in [-0.3, -0.25) is 4.31 Å². The summed E-state index contributed by atoms with van der Waals surface area (Å²) in [7, 11) is 0. The SMILES string of the molecule is c1ccc(Cc2cccc(N3Sc4ccccc4-c4ccc(cc4)-c4ccccc43)c2)cc1. The van der Waals surface area contributed by atoms with E-state index in [1.165, 1.54) is 49.7 Å². The number of para-hydroxylation sites is 1. The van der Waals surface area contributed by atoms with Gasteiger partial charge in [0.05, 0.1) is 11.4 Å². The van der Waals surface area contributed by atoms with Crippen molar-refractivity contribution < 1.29 is 0 Å². The molecule has 5 aromatic carbocycles. The smallest absolute Gasteiger partial charge is 0.0607 e. The van der Waals surface area contributed by atoms with Crippen molar-refractivity contribution in [3.8, 4) is 22.3 Å². The zero-order chi connectivity index (χ0) is 22.0. The van der Waals surface area contributed by atoms with Crippen LogP contribution >= 0.6 is 11.9 Å². The lowest BCUT2D eigenvalue weighted by molar-refractivity contribution is 1.19. The van der Waals surface area contributed by atoms with Gasteiger partial charge in [-0.25, -0.2) is 0 Å². The van der Waals surface area contributed by atoms with Gasteiger partial charge >= 0.3 is 0 Å². The Morgan fingerprint density at radius 1 is 0.515 bits per heavy atom. The van der Waals surface area contributed by atoms with Crippen molar-refractivity contribution >= 4 is 23.3 Å². The molecule has 0 spiro atoms. The highest BCUT2D eigenvalue weighted by atomic mass is 32.2. The lowest BCUT2D eigenvalue weighted by Crippen LogP contribution is -2.09. The Hall–Kier alpha value is -3.75. The maximum absolute atomic E-state index is 2.39. The second-order valence-electron chi connectivity index (χ2n) is 8.31. The van der Waals surface area contributed by atoms with Gasteiger partial charge in [0.2, 0.25) is 0 Å². The summed E-state index contributed by atoms with van der Waals surface area (Å²) in [6.45, 7) is 0. The number of benzene rings is 5. The van der Waals surface area contributed by atoms with E-state index in [1.807, 2.05) is 0 Å². The molecule has 0 fully saturated rings. The monoisotopic (exact) mass is 441 g/mol. The first-order valence-electron chi connectivity index (χ1n) is 11.2. The molecule has 0 radical (unpaired) electrons. The van der Waals surface area contributed by atoms with Crippen molar-refractivity contribution in [3.63, 3.8) is 0 Å². The summed E-state index contributed by atoms with van der Waals surface area (Å²) in [5.74, 6) is 0. The number of hydrogen-bond acceptors (Lipinski definition) is 2. The van der Waals surface area contributed by atoms with Crippen LogP contribution in [0, 0.1) is 0 Å².